The first kappa shape index (κ1) is 23.4. The number of benzene rings is 3. The lowest BCUT2D eigenvalue weighted by Gasteiger charge is -2.40. The molecule has 0 spiro atoms. The molecule has 1 heterocycles. The summed E-state index contributed by atoms with van der Waals surface area (Å²) in [6, 6.07) is 18.5. The van der Waals surface area contributed by atoms with E-state index < -0.39 is 0 Å². The van der Waals surface area contributed by atoms with Gasteiger partial charge < -0.3 is 10.2 Å². The Labute approximate surface area is 210 Å². The summed E-state index contributed by atoms with van der Waals surface area (Å²) in [6.45, 7) is 6.48. The van der Waals surface area contributed by atoms with Crippen LogP contribution in [-0.2, 0) is 6.42 Å². The van der Waals surface area contributed by atoms with Crippen molar-refractivity contribution in [3.63, 3.8) is 0 Å². The van der Waals surface area contributed by atoms with Crippen molar-refractivity contribution in [1.82, 2.24) is 4.98 Å². The molecule has 5 heteroatoms. The summed E-state index contributed by atoms with van der Waals surface area (Å²) in [6.07, 6.45) is 2.20. The van der Waals surface area contributed by atoms with Gasteiger partial charge in [-0.05, 0) is 90.3 Å². The van der Waals surface area contributed by atoms with Gasteiger partial charge in [0.15, 0.2) is 5.78 Å². The van der Waals surface area contributed by atoms with E-state index in [2.05, 4.69) is 45.0 Å². The molecule has 2 N–H and O–H groups in total. The van der Waals surface area contributed by atoms with Crippen LogP contribution >= 0.6 is 11.6 Å². The molecule has 35 heavy (non-hydrogen) atoms. The maximum Gasteiger partial charge on any atom is 0.167 e. The predicted octanol–water partition coefficient (Wildman–Crippen LogP) is 7.60. The van der Waals surface area contributed by atoms with Gasteiger partial charge in [-0.15, -0.1) is 0 Å². The number of aromatic hydroxyl groups is 2. The predicted molar refractivity (Wildman–Crippen MR) is 140 cm³/mol. The molecule has 1 aromatic heterocycles. The molecule has 1 atom stereocenters. The summed E-state index contributed by atoms with van der Waals surface area (Å²) >= 11 is 6.16. The van der Waals surface area contributed by atoms with Crippen LogP contribution in [-0.4, -0.2) is 21.0 Å². The van der Waals surface area contributed by atoms with Gasteiger partial charge >= 0.3 is 0 Å². The first-order valence-corrected chi connectivity index (χ1v) is 12.3. The maximum atomic E-state index is 13.2. The summed E-state index contributed by atoms with van der Waals surface area (Å²) in [4.78, 5) is 18.1. The lowest BCUT2D eigenvalue weighted by atomic mass is 9.64. The Morgan fingerprint density at radius 1 is 1.06 bits per heavy atom. The lowest BCUT2D eigenvalue weighted by molar-refractivity contribution is 0.0935. The Hall–Kier alpha value is -3.37. The second-order valence-corrected chi connectivity index (χ2v) is 10.7. The zero-order chi connectivity index (χ0) is 24.9. The fourth-order valence-corrected chi connectivity index (χ4v) is 5.52. The molecule has 1 aliphatic carbocycles. The standard InChI is InChI=1S/C30H28ClNO3/c1-17-12-20-14-21(31)5-9-26(20)32-29(17)19-4-7-23-18(13-19)10-11-30(2,3)25(23)16-28(35)24-8-6-22(33)15-27(24)34/h4-9,12-15,25,33-34H,10-11,16H2,1-3H3. The van der Waals surface area contributed by atoms with E-state index >= 15 is 0 Å². The fraction of sp³-hybridized carbons (Fsp3) is 0.267. The highest BCUT2D eigenvalue weighted by Crippen LogP contribution is 2.48. The minimum absolute atomic E-state index is 0.0220. The number of pyridine rings is 1. The van der Waals surface area contributed by atoms with Crippen LogP contribution in [0.15, 0.2) is 60.7 Å². The fourth-order valence-electron chi connectivity index (χ4n) is 5.34. The summed E-state index contributed by atoms with van der Waals surface area (Å²) < 4.78 is 0. The number of hydrogen-bond donors (Lipinski definition) is 2. The highest BCUT2D eigenvalue weighted by Gasteiger charge is 2.37. The maximum absolute atomic E-state index is 13.2. The third kappa shape index (κ3) is 4.39. The van der Waals surface area contributed by atoms with Gasteiger partial charge in [0.1, 0.15) is 11.5 Å². The lowest BCUT2D eigenvalue weighted by Crippen LogP contribution is -2.30. The molecule has 0 bridgehead atoms. The summed E-state index contributed by atoms with van der Waals surface area (Å²) in [5.74, 6) is -0.342. The minimum Gasteiger partial charge on any atom is -0.508 e. The van der Waals surface area contributed by atoms with Crippen molar-refractivity contribution in [3.05, 3.63) is 87.9 Å². The topological polar surface area (TPSA) is 70.4 Å². The molecule has 1 unspecified atom stereocenters. The zero-order valence-corrected chi connectivity index (χ0v) is 20.9. The molecular formula is C30H28ClNO3. The molecule has 0 amide bonds. The van der Waals surface area contributed by atoms with Gasteiger partial charge in [0.25, 0.3) is 0 Å². The van der Waals surface area contributed by atoms with Gasteiger partial charge in [-0.25, -0.2) is 4.98 Å². The number of aromatic nitrogens is 1. The summed E-state index contributed by atoms with van der Waals surface area (Å²) in [5.41, 5.74) is 6.63. The van der Waals surface area contributed by atoms with E-state index in [1.807, 2.05) is 18.2 Å². The van der Waals surface area contributed by atoms with Crippen LogP contribution in [0.5, 0.6) is 11.5 Å². The molecule has 3 aromatic carbocycles. The van der Waals surface area contributed by atoms with Crippen molar-refractivity contribution >= 4 is 28.3 Å². The van der Waals surface area contributed by atoms with Gasteiger partial charge in [0, 0.05) is 28.5 Å². The molecule has 0 radical (unpaired) electrons. The van der Waals surface area contributed by atoms with Crippen molar-refractivity contribution in [1.29, 1.82) is 0 Å². The average molecular weight is 486 g/mol. The average Bonchev–Trinajstić information content (AvgIpc) is 2.80. The number of rotatable bonds is 4. The number of ketones is 1. The van der Waals surface area contributed by atoms with Crippen LogP contribution in [0.4, 0.5) is 0 Å². The van der Waals surface area contributed by atoms with Crippen molar-refractivity contribution in [2.75, 3.05) is 0 Å². The molecule has 0 fully saturated rings. The van der Waals surface area contributed by atoms with Crippen LogP contribution in [0.1, 0.15) is 59.7 Å². The van der Waals surface area contributed by atoms with E-state index in [4.69, 9.17) is 16.6 Å². The molecular weight excluding hydrogens is 458 g/mol. The van der Waals surface area contributed by atoms with Crippen molar-refractivity contribution in [3.8, 4) is 22.8 Å². The third-order valence-corrected chi connectivity index (χ3v) is 7.65. The first-order valence-electron chi connectivity index (χ1n) is 11.9. The van der Waals surface area contributed by atoms with E-state index in [9.17, 15) is 15.0 Å². The molecule has 1 aliphatic rings. The number of phenolic OH excluding ortho intramolecular Hbond substituents is 2. The van der Waals surface area contributed by atoms with E-state index in [0.717, 1.165) is 40.6 Å². The number of nitrogens with zero attached hydrogens (tertiary/aromatic N) is 1. The second-order valence-electron chi connectivity index (χ2n) is 10.3. The molecule has 4 nitrogen and oxygen atoms in total. The Morgan fingerprint density at radius 3 is 2.63 bits per heavy atom. The number of aryl methyl sites for hydroxylation is 2. The number of halogens is 1. The Balaban J connectivity index is 1.51. The third-order valence-electron chi connectivity index (χ3n) is 7.41. The molecule has 0 saturated heterocycles. The summed E-state index contributed by atoms with van der Waals surface area (Å²) in [7, 11) is 0. The molecule has 5 rings (SSSR count). The van der Waals surface area contributed by atoms with Gasteiger partial charge in [0.05, 0.1) is 16.8 Å². The van der Waals surface area contributed by atoms with E-state index in [-0.39, 0.29) is 34.2 Å². The van der Waals surface area contributed by atoms with Crippen LogP contribution in [0.3, 0.4) is 0 Å². The van der Waals surface area contributed by atoms with Gasteiger partial charge in [-0.2, -0.15) is 0 Å². The molecule has 0 saturated carbocycles. The van der Waals surface area contributed by atoms with E-state index in [0.29, 0.717) is 11.4 Å². The molecule has 178 valence electrons. The van der Waals surface area contributed by atoms with Gasteiger partial charge in [-0.1, -0.05) is 37.6 Å². The summed E-state index contributed by atoms with van der Waals surface area (Å²) in [5, 5.41) is 21.5. The second kappa shape index (κ2) is 8.69. The van der Waals surface area contributed by atoms with Crippen molar-refractivity contribution in [2.45, 2.75) is 46.0 Å². The highest BCUT2D eigenvalue weighted by molar-refractivity contribution is 6.31. The van der Waals surface area contributed by atoms with Crippen LogP contribution in [0.25, 0.3) is 22.2 Å². The number of phenols is 2. The zero-order valence-electron chi connectivity index (χ0n) is 20.1. The quantitative estimate of drug-likeness (QED) is 0.292. The Bertz CT molecular complexity index is 1470. The smallest absolute Gasteiger partial charge is 0.167 e. The highest BCUT2D eigenvalue weighted by atomic mass is 35.5. The van der Waals surface area contributed by atoms with Crippen molar-refractivity contribution < 1.29 is 15.0 Å². The minimum atomic E-state index is -0.182. The number of carbonyl (C=O) groups excluding carboxylic acids is 1. The number of carbonyl (C=O) groups is 1. The first-order chi connectivity index (χ1) is 16.6. The largest absolute Gasteiger partial charge is 0.508 e. The van der Waals surface area contributed by atoms with Crippen molar-refractivity contribution in [2.24, 2.45) is 5.41 Å². The Kier molecular flexibility index (Phi) is 5.80. The monoisotopic (exact) mass is 485 g/mol. The van der Waals surface area contributed by atoms with Gasteiger partial charge in [0.2, 0.25) is 0 Å². The van der Waals surface area contributed by atoms with Gasteiger partial charge in [-0.3, -0.25) is 4.79 Å². The van der Waals surface area contributed by atoms with Crippen LogP contribution in [0, 0.1) is 12.3 Å². The number of hydrogen-bond acceptors (Lipinski definition) is 4. The van der Waals surface area contributed by atoms with E-state index in [1.165, 1.54) is 29.3 Å². The Morgan fingerprint density at radius 2 is 1.86 bits per heavy atom. The van der Waals surface area contributed by atoms with Crippen LogP contribution in [0.2, 0.25) is 5.02 Å². The van der Waals surface area contributed by atoms with Crippen LogP contribution < -0.4 is 0 Å². The normalized spacial score (nSPS) is 16.7. The number of fused-ring (bicyclic) bond motifs is 2. The number of Topliss-reactive ketones (excluding diaryl/α,β-unsaturated/α-hetero) is 1. The SMILES string of the molecule is Cc1cc2cc(Cl)ccc2nc1-c1ccc2c(c1)CCC(C)(C)C2CC(=O)c1ccc(O)cc1O. The van der Waals surface area contributed by atoms with E-state index in [1.54, 1.807) is 0 Å². The molecule has 4 aromatic rings. The molecule has 0 aliphatic heterocycles.